The third-order valence-electron chi connectivity index (χ3n) is 6.07. The molecule has 0 radical (unpaired) electrons. The predicted octanol–water partition coefficient (Wildman–Crippen LogP) is 4.63. The minimum atomic E-state index is -0.567. The molecule has 1 fully saturated rings. The van der Waals surface area contributed by atoms with E-state index in [4.69, 9.17) is 15.6 Å². The van der Waals surface area contributed by atoms with Crippen LogP contribution in [0.25, 0.3) is 5.57 Å². The maximum Gasteiger partial charge on any atom is 0.260 e. The Bertz CT molecular complexity index is 1210. The molecule has 3 rings (SSSR count). The number of ether oxygens (including phenoxy) is 1. The molecule has 1 atom stereocenters. The van der Waals surface area contributed by atoms with Gasteiger partial charge in [-0.3, -0.25) is 20.5 Å². The molecule has 1 aromatic rings. The van der Waals surface area contributed by atoms with Gasteiger partial charge in [0.05, 0.1) is 18.5 Å². The van der Waals surface area contributed by atoms with Crippen LogP contribution in [-0.2, 0) is 0 Å². The van der Waals surface area contributed by atoms with Gasteiger partial charge in [-0.15, -0.1) is 6.58 Å². The monoisotopic (exact) mass is 565 g/mol. The lowest BCUT2D eigenvalue weighted by Gasteiger charge is -2.28. The minimum absolute atomic E-state index is 0.124. The molecule has 9 nitrogen and oxygen atoms in total. The number of carbonyl (C=O) groups is 1. The number of hydrogen-bond acceptors (Lipinski definition) is 7. The second-order valence-corrected chi connectivity index (χ2v) is 9.64. The number of likely N-dealkylation sites (N-methyl/N-ethyl adjacent to an activating group) is 1. The Morgan fingerprint density at radius 2 is 2.02 bits per heavy atom. The number of amides is 1. The molecule has 0 spiro atoms. The highest BCUT2D eigenvalue weighted by Crippen LogP contribution is 2.30. The van der Waals surface area contributed by atoms with Crippen molar-refractivity contribution in [3.63, 3.8) is 0 Å². The van der Waals surface area contributed by atoms with Gasteiger partial charge in [-0.05, 0) is 25.6 Å². The Morgan fingerprint density at radius 3 is 2.63 bits per heavy atom. The van der Waals surface area contributed by atoms with E-state index in [9.17, 15) is 4.79 Å². The van der Waals surface area contributed by atoms with Crippen LogP contribution in [0.15, 0.2) is 67.2 Å². The number of benzene rings is 1. The van der Waals surface area contributed by atoms with Crippen LogP contribution < -0.4 is 20.7 Å². The van der Waals surface area contributed by atoms with Crippen molar-refractivity contribution in [2.75, 3.05) is 39.8 Å². The quantitative estimate of drug-likeness (QED) is 0.152. The summed E-state index contributed by atoms with van der Waals surface area (Å²) in [5.74, 6) is -0.371. The molecule has 1 aromatic carbocycles. The summed E-state index contributed by atoms with van der Waals surface area (Å²) >= 11 is 0. The topological polar surface area (TPSA) is 117 Å². The van der Waals surface area contributed by atoms with E-state index in [1.165, 1.54) is 23.5 Å². The van der Waals surface area contributed by atoms with Crippen LogP contribution in [0.2, 0.25) is 0 Å². The number of rotatable bonds is 11. The van der Waals surface area contributed by atoms with E-state index < -0.39 is 17.8 Å². The molecule has 10 heteroatoms. The molecule has 1 saturated heterocycles. The van der Waals surface area contributed by atoms with Gasteiger partial charge >= 0.3 is 0 Å². The summed E-state index contributed by atoms with van der Waals surface area (Å²) < 4.78 is 21.1. The molecular weight excluding hydrogens is 521 g/mol. The van der Waals surface area contributed by atoms with Crippen LogP contribution in [0.3, 0.4) is 0 Å². The lowest BCUT2D eigenvalue weighted by Crippen LogP contribution is -2.47. The molecule has 2 aliphatic rings. The summed E-state index contributed by atoms with van der Waals surface area (Å²) in [7, 11) is 1.99. The maximum atomic E-state index is 15.4. The van der Waals surface area contributed by atoms with Crippen molar-refractivity contribution in [3.8, 4) is 5.75 Å². The summed E-state index contributed by atoms with van der Waals surface area (Å²) in [5, 5.41) is 25.2. The number of allylic oxidation sites excluding steroid dienone is 4. The molecule has 0 bridgehead atoms. The van der Waals surface area contributed by atoms with Gasteiger partial charge in [0.1, 0.15) is 29.3 Å². The molecule has 0 aliphatic carbocycles. The van der Waals surface area contributed by atoms with Crippen LogP contribution in [0.4, 0.5) is 4.39 Å². The fourth-order valence-electron chi connectivity index (χ4n) is 4.14. The van der Waals surface area contributed by atoms with Crippen molar-refractivity contribution in [2.24, 2.45) is 0 Å². The number of nitrogens with one attached hydrogen (secondary N) is 5. The maximum absolute atomic E-state index is 15.4. The van der Waals surface area contributed by atoms with Gasteiger partial charge in [0.15, 0.2) is 0 Å². The number of carbonyl (C=O) groups excluding carboxylic acids is 1. The van der Waals surface area contributed by atoms with Crippen molar-refractivity contribution in [1.82, 2.24) is 25.8 Å². The first kappa shape index (κ1) is 33.0. The average molecular weight is 566 g/mol. The Kier molecular flexibility index (Phi) is 13.5. The first-order valence-electron chi connectivity index (χ1n) is 13.9. The van der Waals surface area contributed by atoms with Gasteiger partial charge in [0, 0.05) is 49.1 Å². The van der Waals surface area contributed by atoms with Gasteiger partial charge in [0.25, 0.3) is 5.91 Å². The molecular formula is C31H44FN7O2. The zero-order valence-electron chi connectivity index (χ0n) is 24.6. The first-order valence-corrected chi connectivity index (χ1v) is 13.9. The largest absolute Gasteiger partial charge is 0.493 e. The van der Waals surface area contributed by atoms with Crippen molar-refractivity contribution < 1.29 is 13.9 Å². The standard InChI is InChI=1S/C28H36FN7O2.C3H8/c1-5-12-36(18-30)27(31)23-9-8-10-26(33-23)34-28(37)21-15-20(22(29)16-25(21)38-14-6-2)19(7-3)24-17-35(4)13-11-32-24;1-3-2/h5,7-10,15-16,18,23,30-33H,1,3,6,11-14,17H2,2,4H3,(H,34,37);3H2,1-2H3/b24-19+,30-18?,31-27?;. The van der Waals surface area contributed by atoms with Gasteiger partial charge in [-0.25, -0.2) is 4.39 Å². The second kappa shape index (κ2) is 16.8. The van der Waals surface area contributed by atoms with Gasteiger partial charge < -0.3 is 25.6 Å². The van der Waals surface area contributed by atoms with E-state index in [2.05, 4.69) is 47.9 Å². The fraction of sp³-hybridized carbons (Fsp3) is 0.387. The third kappa shape index (κ3) is 9.18. The van der Waals surface area contributed by atoms with E-state index in [0.717, 1.165) is 25.1 Å². The minimum Gasteiger partial charge on any atom is -0.493 e. The lowest BCUT2D eigenvalue weighted by molar-refractivity contribution is 0.0958. The van der Waals surface area contributed by atoms with Crippen molar-refractivity contribution in [3.05, 3.63) is 84.1 Å². The van der Waals surface area contributed by atoms with Gasteiger partial charge in [-0.2, -0.15) is 0 Å². The van der Waals surface area contributed by atoms with Crippen LogP contribution >= 0.6 is 0 Å². The predicted molar refractivity (Wildman–Crippen MR) is 166 cm³/mol. The first-order chi connectivity index (χ1) is 19.7. The van der Waals surface area contributed by atoms with Crippen LogP contribution in [0.1, 0.15) is 49.5 Å². The molecule has 41 heavy (non-hydrogen) atoms. The average Bonchev–Trinajstić information content (AvgIpc) is 2.96. The smallest absolute Gasteiger partial charge is 0.260 e. The lowest BCUT2D eigenvalue weighted by atomic mass is 9.98. The SMILES string of the molecule is C=CCN(C=N)C(=N)C1C=CC=C(NC(=O)c2cc(/C(C=C)=C3\CN(C)CCN3)c(F)cc2OCCC)N1.CCC. The van der Waals surface area contributed by atoms with Crippen LogP contribution in [-0.4, -0.2) is 73.8 Å². The molecule has 2 aliphatic heterocycles. The van der Waals surface area contributed by atoms with E-state index in [-0.39, 0.29) is 22.7 Å². The van der Waals surface area contributed by atoms with E-state index >= 15 is 4.39 Å². The molecule has 1 unspecified atom stereocenters. The van der Waals surface area contributed by atoms with Crippen LogP contribution in [0, 0.1) is 16.6 Å². The zero-order valence-corrected chi connectivity index (χ0v) is 24.6. The third-order valence-corrected chi connectivity index (χ3v) is 6.07. The summed E-state index contributed by atoms with van der Waals surface area (Å²) in [4.78, 5) is 17.0. The summed E-state index contributed by atoms with van der Waals surface area (Å²) in [6, 6.07) is 2.17. The number of halogens is 1. The number of piperazine rings is 1. The Hall–Kier alpha value is -4.18. The molecule has 0 saturated carbocycles. The molecule has 1 amide bonds. The van der Waals surface area contributed by atoms with Crippen molar-refractivity contribution >= 4 is 23.7 Å². The van der Waals surface area contributed by atoms with Crippen molar-refractivity contribution in [1.29, 1.82) is 10.8 Å². The zero-order chi connectivity index (χ0) is 30.4. The van der Waals surface area contributed by atoms with E-state index in [0.29, 0.717) is 37.5 Å². The van der Waals surface area contributed by atoms with E-state index in [1.807, 2.05) is 14.0 Å². The Labute approximate surface area is 243 Å². The summed E-state index contributed by atoms with van der Waals surface area (Å²) in [5.41, 5.74) is 1.85. The number of nitrogens with zero attached hydrogens (tertiary/aromatic N) is 2. The summed E-state index contributed by atoms with van der Waals surface area (Å²) in [6.07, 6.45) is 11.3. The Balaban J connectivity index is 0.00000187. The highest BCUT2D eigenvalue weighted by molar-refractivity contribution is 6.00. The van der Waals surface area contributed by atoms with Crippen LogP contribution in [0.5, 0.6) is 5.75 Å². The second-order valence-electron chi connectivity index (χ2n) is 9.64. The summed E-state index contributed by atoms with van der Waals surface area (Å²) in [6.45, 7) is 16.6. The van der Waals surface area contributed by atoms with Crippen molar-refractivity contribution in [2.45, 2.75) is 39.7 Å². The Morgan fingerprint density at radius 1 is 1.29 bits per heavy atom. The fourth-order valence-corrected chi connectivity index (χ4v) is 4.14. The molecule has 2 heterocycles. The number of amidine groups is 1. The highest BCUT2D eigenvalue weighted by atomic mass is 19.1. The molecule has 222 valence electrons. The number of hydrogen-bond donors (Lipinski definition) is 5. The highest BCUT2D eigenvalue weighted by Gasteiger charge is 2.24. The van der Waals surface area contributed by atoms with Gasteiger partial charge in [-0.1, -0.05) is 58.1 Å². The molecule has 5 N–H and O–H groups in total. The van der Waals surface area contributed by atoms with Gasteiger partial charge in [0.2, 0.25) is 0 Å². The normalized spacial score (nSPS) is 17.4. The number of dihydropyridines is 1. The van der Waals surface area contributed by atoms with E-state index in [1.54, 1.807) is 30.4 Å². The molecule has 0 aromatic heterocycles.